The summed E-state index contributed by atoms with van der Waals surface area (Å²) < 4.78 is 5.26. The molecule has 106 valence electrons. The van der Waals surface area contributed by atoms with E-state index in [-0.39, 0.29) is 12.3 Å². The number of rotatable bonds is 4. The predicted octanol–water partition coefficient (Wildman–Crippen LogP) is 3.29. The van der Waals surface area contributed by atoms with E-state index in [9.17, 15) is 4.79 Å². The first-order valence-corrected chi connectivity index (χ1v) is 7.31. The van der Waals surface area contributed by atoms with Gasteiger partial charge in [0, 0.05) is 17.0 Å². The quantitative estimate of drug-likeness (QED) is 0.802. The molecule has 6 heteroatoms. The van der Waals surface area contributed by atoms with Gasteiger partial charge in [0.05, 0.1) is 17.8 Å². The van der Waals surface area contributed by atoms with E-state index in [2.05, 4.69) is 15.5 Å². The lowest BCUT2D eigenvalue weighted by Gasteiger charge is -1.97. The Bertz CT molecular complexity index is 749. The molecule has 1 N–H and O–H groups in total. The van der Waals surface area contributed by atoms with Gasteiger partial charge in [-0.25, -0.2) is 4.98 Å². The van der Waals surface area contributed by atoms with Crippen LogP contribution < -0.4 is 5.32 Å². The topological polar surface area (TPSA) is 68.0 Å². The average molecular weight is 299 g/mol. The third-order valence-corrected chi connectivity index (χ3v) is 3.70. The van der Waals surface area contributed by atoms with Gasteiger partial charge < -0.3 is 9.84 Å². The molecule has 0 radical (unpaired) electrons. The molecule has 0 bridgehead atoms. The largest absolute Gasteiger partial charge is 0.356 e. The monoisotopic (exact) mass is 299 g/mol. The first-order chi connectivity index (χ1) is 10.2. The van der Waals surface area contributed by atoms with Gasteiger partial charge in [-0.3, -0.25) is 4.79 Å². The van der Waals surface area contributed by atoms with Crippen molar-refractivity contribution < 1.29 is 9.32 Å². The van der Waals surface area contributed by atoms with E-state index < -0.39 is 0 Å². The summed E-state index contributed by atoms with van der Waals surface area (Å²) >= 11 is 1.40. The molecule has 5 nitrogen and oxygen atoms in total. The molecule has 1 aromatic carbocycles. The molecule has 0 spiro atoms. The van der Waals surface area contributed by atoms with E-state index in [0.717, 1.165) is 11.3 Å². The van der Waals surface area contributed by atoms with Crippen molar-refractivity contribution in [2.75, 3.05) is 5.32 Å². The van der Waals surface area contributed by atoms with Gasteiger partial charge in [-0.1, -0.05) is 35.5 Å². The summed E-state index contributed by atoms with van der Waals surface area (Å²) in [4.78, 5) is 16.1. The van der Waals surface area contributed by atoms with Crippen LogP contribution in [0.1, 0.15) is 11.4 Å². The fraction of sp³-hybridized carbons (Fsp3) is 0.133. The zero-order valence-electron chi connectivity index (χ0n) is 11.4. The number of hydrogen-bond acceptors (Lipinski definition) is 5. The zero-order chi connectivity index (χ0) is 14.7. The number of carbonyl (C=O) groups excluding carboxylic acids is 1. The highest BCUT2D eigenvalue weighted by Crippen LogP contribution is 2.20. The normalized spacial score (nSPS) is 10.5. The Labute approximate surface area is 125 Å². The van der Waals surface area contributed by atoms with Gasteiger partial charge in [-0.15, -0.1) is 11.3 Å². The number of hydrogen-bond donors (Lipinski definition) is 1. The summed E-state index contributed by atoms with van der Waals surface area (Å²) in [5, 5.41) is 9.16. The van der Waals surface area contributed by atoms with Gasteiger partial charge in [0.15, 0.2) is 10.9 Å². The van der Waals surface area contributed by atoms with Crippen LogP contribution in [0.4, 0.5) is 5.13 Å². The van der Waals surface area contributed by atoms with Crippen molar-refractivity contribution in [2.24, 2.45) is 0 Å². The van der Waals surface area contributed by atoms with Crippen molar-refractivity contribution in [3.8, 4) is 11.3 Å². The van der Waals surface area contributed by atoms with Gasteiger partial charge >= 0.3 is 0 Å². The second-order valence-electron chi connectivity index (χ2n) is 4.57. The van der Waals surface area contributed by atoms with Crippen LogP contribution in [0.2, 0.25) is 0 Å². The maximum absolute atomic E-state index is 11.9. The van der Waals surface area contributed by atoms with Crippen LogP contribution in [0, 0.1) is 6.92 Å². The SMILES string of the molecule is Cc1csc(NC(=O)Cc2cc(-c3ccccc3)on2)n1. The minimum atomic E-state index is -0.155. The Morgan fingerprint density at radius 2 is 2.14 bits per heavy atom. The molecule has 1 amide bonds. The lowest BCUT2D eigenvalue weighted by molar-refractivity contribution is -0.115. The van der Waals surface area contributed by atoms with Gasteiger partial charge in [0.25, 0.3) is 0 Å². The molecule has 2 aromatic heterocycles. The molecule has 0 fully saturated rings. The highest BCUT2D eigenvalue weighted by molar-refractivity contribution is 7.13. The molecule has 0 saturated heterocycles. The average Bonchev–Trinajstić information content (AvgIpc) is 3.09. The summed E-state index contributed by atoms with van der Waals surface area (Å²) in [6.07, 6.45) is 0.162. The van der Waals surface area contributed by atoms with Crippen LogP contribution >= 0.6 is 11.3 Å². The molecule has 2 heterocycles. The van der Waals surface area contributed by atoms with Crippen LogP contribution in [0.15, 0.2) is 46.3 Å². The fourth-order valence-electron chi connectivity index (χ4n) is 1.87. The minimum Gasteiger partial charge on any atom is -0.356 e. The molecule has 0 aliphatic heterocycles. The molecule has 21 heavy (non-hydrogen) atoms. The van der Waals surface area contributed by atoms with E-state index in [1.807, 2.05) is 42.6 Å². The Balaban J connectivity index is 1.66. The summed E-state index contributed by atoms with van der Waals surface area (Å²) in [6, 6.07) is 11.4. The molecule has 3 aromatic rings. The Hall–Kier alpha value is -2.47. The number of thiazole rings is 1. The molecule has 3 rings (SSSR count). The number of benzene rings is 1. The predicted molar refractivity (Wildman–Crippen MR) is 81.1 cm³/mol. The highest BCUT2D eigenvalue weighted by Gasteiger charge is 2.11. The first-order valence-electron chi connectivity index (χ1n) is 6.44. The van der Waals surface area contributed by atoms with E-state index in [1.54, 1.807) is 6.07 Å². The van der Waals surface area contributed by atoms with E-state index in [1.165, 1.54) is 11.3 Å². The van der Waals surface area contributed by atoms with Crippen molar-refractivity contribution >= 4 is 22.4 Å². The number of aryl methyl sites for hydroxylation is 1. The van der Waals surface area contributed by atoms with Gasteiger partial charge in [0.2, 0.25) is 5.91 Å². The van der Waals surface area contributed by atoms with Crippen LogP contribution in [-0.2, 0) is 11.2 Å². The molecule has 0 atom stereocenters. The van der Waals surface area contributed by atoms with Crippen LogP contribution in [0.25, 0.3) is 11.3 Å². The minimum absolute atomic E-state index is 0.155. The summed E-state index contributed by atoms with van der Waals surface area (Å²) in [6.45, 7) is 1.88. The molecule has 0 aliphatic rings. The first kappa shape index (κ1) is 13.5. The van der Waals surface area contributed by atoms with Crippen LogP contribution in [-0.4, -0.2) is 16.0 Å². The van der Waals surface area contributed by atoms with Crippen LogP contribution in [0.3, 0.4) is 0 Å². The van der Waals surface area contributed by atoms with Gasteiger partial charge in [-0.05, 0) is 6.92 Å². The Morgan fingerprint density at radius 1 is 1.33 bits per heavy atom. The van der Waals surface area contributed by atoms with E-state index >= 15 is 0 Å². The molecule has 0 aliphatic carbocycles. The van der Waals surface area contributed by atoms with Crippen molar-refractivity contribution in [1.82, 2.24) is 10.1 Å². The zero-order valence-corrected chi connectivity index (χ0v) is 12.2. The standard InChI is InChI=1S/C15H13N3O2S/c1-10-9-21-15(16-10)17-14(19)8-12-7-13(20-18-12)11-5-3-2-4-6-11/h2-7,9H,8H2,1H3,(H,16,17,19). The molecular formula is C15H13N3O2S. The number of carbonyl (C=O) groups is 1. The summed E-state index contributed by atoms with van der Waals surface area (Å²) in [5.41, 5.74) is 2.43. The Morgan fingerprint density at radius 3 is 2.86 bits per heavy atom. The number of nitrogens with one attached hydrogen (secondary N) is 1. The van der Waals surface area contributed by atoms with Crippen molar-refractivity contribution in [3.05, 3.63) is 53.2 Å². The third kappa shape index (κ3) is 3.35. The molecule has 0 unspecified atom stereocenters. The Kier molecular flexibility index (Phi) is 3.79. The lowest BCUT2D eigenvalue weighted by atomic mass is 10.1. The number of aromatic nitrogens is 2. The second kappa shape index (κ2) is 5.88. The van der Waals surface area contributed by atoms with Gasteiger partial charge in [-0.2, -0.15) is 0 Å². The number of nitrogens with zero attached hydrogens (tertiary/aromatic N) is 2. The van der Waals surface area contributed by atoms with E-state index in [4.69, 9.17) is 4.52 Å². The maximum atomic E-state index is 11.9. The lowest BCUT2D eigenvalue weighted by Crippen LogP contribution is -2.14. The molecular weight excluding hydrogens is 286 g/mol. The smallest absolute Gasteiger partial charge is 0.232 e. The highest BCUT2D eigenvalue weighted by atomic mass is 32.1. The third-order valence-electron chi connectivity index (χ3n) is 2.82. The fourth-order valence-corrected chi connectivity index (χ4v) is 2.58. The molecule has 0 saturated carbocycles. The summed E-state index contributed by atoms with van der Waals surface area (Å²) in [7, 11) is 0. The van der Waals surface area contributed by atoms with Crippen molar-refractivity contribution in [1.29, 1.82) is 0 Å². The van der Waals surface area contributed by atoms with Gasteiger partial charge in [0.1, 0.15) is 0 Å². The van der Waals surface area contributed by atoms with Crippen molar-refractivity contribution in [2.45, 2.75) is 13.3 Å². The van der Waals surface area contributed by atoms with Crippen LogP contribution in [0.5, 0.6) is 0 Å². The summed E-state index contributed by atoms with van der Waals surface area (Å²) in [5.74, 6) is 0.501. The number of amides is 1. The van der Waals surface area contributed by atoms with Crippen molar-refractivity contribution in [3.63, 3.8) is 0 Å². The maximum Gasteiger partial charge on any atom is 0.232 e. The van der Waals surface area contributed by atoms with E-state index in [0.29, 0.717) is 16.6 Å². The second-order valence-corrected chi connectivity index (χ2v) is 5.43. The number of anilines is 1.